The van der Waals surface area contributed by atoms with Gasteiger partial charge in [0.25, 0.3) is 0 Å². The molecule has 148 valence electrons. The van der Waals surface area contributed by atoms with Crippen molar-refractivity contribution in [1.29, 1.82) is 0 Å². The summed E-state index contributed by atoms with van der Waals surface area (Å²) in [5.74, 6) is 0. The lowest BCUT2D eigenvalue weighted by Crippen LogP contribution is -2.28. The van der Waals surface area contributed by atoms with Gasteiger partial charge in [-0.1, -0.05) is 66.7 Å². The highest BCUT2D eigenvalue weighted by Crippen LogP contribution is 2.35. The Morgan fingerprint density at radius 2 is 1.47 bits per heavy atom. The summed E-state index contributed by atoms with van der Waals surface area (Å²) < 4.78 is 13.0. The van der Waals surface area contributed by atoms with Crippen molar-refractivity contribution in [3.8, 4) is 0 Å². The Balaban J connectivity index is 1.64. The third-order valence-electron chi connectivity index (χ3n) is 5.27. The minimum Gasteiger partial charge on any atom is -0.310 e. The third kappa shape index (κ3) is 3.22. The van der Waals surface area contributed by atoms with Gasteiger partial charge in [-0.05, 0) is 29.3 Å². The summed E-state index contributed by atoms with van der Waals surface area (Å²) in [4.78, 5) is 19.6. The smallest absolute Gasteiger partial charge is 0.310 e. The minimum atomic E-state index is -1.77. The molecule has 2 heterocycles. The molecule has 1 amide bonds. The van der Waals surface area contributed by atoms with Crippen LogP contribution in [0.1, 0.15) is 11.1 Å². The number of fused-ring (bicyclic) bond motifs is 2. The SMILES string of the molecule is O=C1N(Cc2ccccc2)C(S)/C(=C/c2c3ccccc3nc3ccccc23)S1=O. The number of pyridine rings is 1. The zero-order valence-electron chi connectivity index (χ0n) is 15.9. The molecule has 0 bridgehead atoms. The molecule has 2 unspecified atom stereocenters. The molecular formula is C24H18N2O2S2. The monoisotopic (exact) mass is 430 g/mol. The van der Waals surface area contributed by atoms with Gasteiger partial charge in [0.05, 0.1) is 15.9 Å². The van der Waals surface area contributed by atoms with E-state index < -0.39 is 21.4 Å². The number of amides is 1. The van der Waals surface area contributed by atoms with E-state index in [1.54, 1.807) is 4.90 Å². The van der Waals surface area contributed by atoms with Gasteiger partial charge in [0.15, 0.2) is 0 Å². The van der Waals surface area contributed by atoms with Gasteiger partial charge in [-0.3, -0.25) is 4.79 Å². The molecule has 0 radical (unpaired) electrons. The van der Waals surface area contributed by atoms with Gasteiger partial charge >= 0.3 is 5.24 Å². The summed E-state index contributed by atoms with van der Waals surface area (Å²) >= 11 is 4.68. The van der Waals surface area contributed by atoms with E-state index >= 15 is 0 Å². The van der Waals surface area contributed by atoms with E-state index in [1.165, 1.54) is 0 Å². The maximum absolute atomic E-state index is 13.0. The van der Waals surface area contributed by atoms with E-state index in [4.69, 9.17) is 4.98 Å². The van der Waals surface area contributed by atoms with Crippen LogP contribution in [0.25, 0.3) is 27.9 Å². The third-order valence-corrected chi connectivity index (χ3v) is 7.32. The second kappa shape index (κ2) is 7.70. The van der Waals surface area contributed by atoms with Gasteiger partial charge in [-0.15, -0.1) is 12.6 Å². The molecule has 1 aliphatic heterocycles. The van der Waals surface area contributed by atoms with Crippen LogP contribution in [0.5, 0.6) is 0 Å². The Hall–Kier alpha value is -2.96. The molecule has 1 aromatic heterocycles. The van der Waals surface area contributed by atoms with Crippen LogP contribution in [0, 0.1) is 0 Å². The van der Waals surface area contributed by atoms with Crippen molar-refractivity contribution in [1.82, 2.24) is 9.88 Å². The fourth-order valence-electron chi connectivity index (χ4n) is 3.79. The zero-order chi connectivity index (χ0) is 20.7. The number of thiol groups is 1. The Bertz CT molecular complexity index is 1280. The maximum Gasteiger partial charge on any atom is 0.317 e. The van der Waals surface area contributed by atoms with Crippen molar-refractivity contribution in [2.45, 2.75) is 11.9 Å². The summed E-state index contributed by atoms with van der Waals surface area (Å²) in [5.41, 5.74) is 3.60. The van der Waals surface area contributed by atoms with Crippen molar-refractivity contribution in [3.63, 3.8) is 0 Å². The summed E-state index contributed by atoms with van der Waals surface area (Å²) in [6, 6.07) is 25.4. The summed E-state index contributed by atoms with van der Waals surface area (Å²) in [7, 11) is -1.77. The van der Waals surface area contributed by atoms with Crippen molar-refractivity contribution < 1.29 is 9.00 Å². The molecule has 6 heteroatoms. The van der Waals surface area contributed by atoms with Crippen molar-refractivity contribution >= 4 is 56.5 Å². The number of hydrogen-bond acceptors (Lipinski definition) is 4. The molecule has 0 N–H and O–H groups in total. The lowest BCUT2D eigenvalue weighted by molar-refractivity contribution is 0.225. The number of hydrogen-bond donors (Lipinski definition) is 1. The van der Waals surface area contributed by atoms with E-state index in [0.29, 0.717) is 11.4 Å². The zero-order valence-corrected chi connectivity index (χ0v) is 17.6. The Morgan fingerprint density at radius 3 is 2.10 bits per heavy atom. The molecule has 2 atom stereocenters. The summed E-state index contributed by atoms with van der Waals surface area (Å²) in [5, 5.41) is 0.947. The molecule has 4 nitrogen and oxygen atoms in total. The predicted octanol–water partition coefficient (Wildman–Crippen LogP) is 5.37. The molecule has 1 saturated heterocycles. The van der Waals surface area contributed by atoms with Crippen LogP contribution in [0.2, 0.25) is 0 Å². The summed E-state index contributed by atoms with van der Waals surface area (Å²) in [6.07, 6.45) is 1.86. The lowest BCUT2D eigenvalue weighted by Gasteiger charge is -2.19. The van der Waals surface area contributed by atoms with Gasteiger partial charge in [0, 0.05) is 17.3 Å². The normalized spacial score (nSPS) is 20.5. The van der Waals surface area contributed by atoms with Gasteiger partial charge in [0.2, 0.25) is 0 Å². The molecule has 0 aliphatic carbocycles. The van der Waals surface area contributed by atoms with E-state index in [2.05, 4.69) is 12.6 Å². The molecule has 0 saturated carbocycles. The summed E-state index contributed by atoms with van der Waals surface area (Å²) in [6.45, 7) is 0.370. The first-order valence-corrected chi connectivity index (χ1v) is 11.2. The van der Waals surface area contributed by atoms with Gasteiger partial charge in [0.1, 0.15) is 16.2 Å². The number of nitrogens with zero attached hydrogens (tertiary/aromatic N) is 2. The second-order valence-corrected chi connectivity index (χ2v) is 8.98. The highest BCUT2D eigenvalue weighted by Gasteiger charge is 2.40. The number of carbonyl (C=O) groups is 1. The van der Waals surface area contributed by atoms with Gasteiger partial charge in [-0.2, -0.15) is 0 Å². The van der Waals surface area contributed by atoms with E-state index in [1.807, 2.05) is 84.9 Å². The van der Waals surface area contributed by atoms with Crippen molar-refractivity contribution in [3.05, 3.63) is 94.9 Å². The molecular weight excluding hydrogens is 412 g/mol. The number of para-hydroxylation sites is 2. The average Bonchev–Trinajstić information content (AvgIpc) is 2.98. The van der Waals surface area contributed by atoms with Crippen molar-refractivity contribution in [2.24, 2.45) is 0 Å². The number of carbonyl (C=O) groups excluding carboxylic acids is 1. The van der Waals surface area contributed by atoms with Crippen LogP contribution in [-0.4, -0.2) is 24.7 Å². The lowest BCUT2D eigenvalue weighted by atomic mass is 10.0. The highest BCUT2D eigenvalue weighted by molar-refractivity contribution is 8.05. The molecule has 5 rings (SSSR count). The first-order chi connectivity index (χ1) is 14.6. The van der Waals surface area contributed by atoms with Crippen LogP contribution in [-0.2, 0) is 17.3 Å². The number of aromatic nitrogens is 1. The average molecular weight is 431 g/mol. The largest absolute Gasteiger partial charge is 0.317 e. The molecule has 0 spiro atoms. The Morgan fingerprint density at radius 1 is 0.900 bits per heavy atom. The first-order valence-electron chi connectivity index (χ1n) is 9.57. The number of benzene rings is 3. The molecule has 3 aromatic carbocycles. The Kier molecular flexibility index (Phi) is 4.89. The molecule has 30 heavy (non-hydrogen) atoms. The van der Waals surface area contributed by atoms with Crippen LogP contribution in [0.15, 0.2) is 83.8 Å². The van der Waals surface area contributed by atoms with E-state index in [-0.39, 0.29) is 0 Å². The van der Waals surface area contributed by atoms with E-state index in [9.17, 15) is 9.00 Å². The highest BCUT2D eigenvalue weighted by atomic mass is 32.2. The second-order valence-electron chi connectivity index (χ2n) is 7.13. The van der Waals surface area contributed by atoms with Crippen LogP contribution < -0.4 is 0 Å². The quantitative estimate of drug-likeness (QED) is 0.351. The molecule has 4 aromatic rings. The van der Waals surface area contributed by atoms with Gasteiger partial charge in [-0.25, -0.2) is 9.19 Å². The maximum atomic E-state index is 13.0. The van der Waals surface area contributed by atoms with Crippen LogP contribution in [0.3, 0.4) is 0 Å². The number of rotatable bonds is 3. The Labute approximate surface area is 182 Å². The topological polar surface area (TPSA) is 50.3 Å². The fourth-order valence-corrected chi connectivity index (χ4v) is 5.54. The van der Waals surface area contributed by atoms with Crippen LogP contribution >= 0.6 is 12.6 Å². The predicted molar refractivity (Wildman–Crippen MR) is 126 cm³/mol. The minimum absolute atomic E-state index is 0.370. The van der Waals surface area contributed by atoms with Gasteiger partial charge < -0.3 is 4.90 Å². The van der Waals surface area contributed by atoms with Crippen LogP contribution in [0.4, 0.5) is 4.79 Å². The van der Waals surface area contributed by atoms with E-state index in [0.717, 1.165) is 32.9 Å². The molecule has 1 fully saturated rings. The standard InChI is InChI=1S/C24H18N2O2S2/c27-24-26(15-16-8-2-1-3-9-16)23(29)22(30(24)28)14-19-17-10-4-6-12-20(17)25-21-13-7-5-11-18(19)21/h1-14,23,29H,15H2/b22-14-. The van der Waals surface area contributed by atoms with Crippen molar-refractivity contribution in [2.75, 3.05) is 0 Å². The molecule has 1 aliphatic rings. The fraction of sp³-hybridized carbons (Fsp3) is 0.0833. The first kappa shape index (κ1) is 19.0.